The summed E-state index contributed by atoms with van der Waals surface area (Å²) in [6.45, 7) is 4.37. The van der Waals surface area contributed by atoms with E-state index in [4.69, 9.17) is 39.6 Å². The maximum Gasteiger partial charge on any atom is 0.490 e. The van der Waals surface area contributed by atoms with Gasteiger partial charge in [0.15, 0.2) is 0 Å². The molecule has 2 aliphatic rings. The molecule has 0 radical (unpaired) electrons. The average molecular weight is 768 g/mol. The van der Waals surface area contributed by atoms with Gasteiger partial charge < -0.3 is 20.4 Å². The fourth-order valence-corrected chi connectivity index (χ4v) is 4.34. The Morgan fingerprint density at radius 1 is 0.745 bits per heavy atom. The number of piperidine rings is 1. The van der Waals surface area contributed by atoms with Crippen LogP contribution in [0.2, 0.25) is 0 Å². The van der Waals surface area contributed by atoms with Gasteiger partial charge in [-0.15, -0.1) is 0 Å². The third-order valence-corrected chi connectivity index (χ3v) is 6.49. The van der Waals surface area contributed by atoms with E-state index in [9.17, 15) is 52.7 Å². The largest absolute Gasteiger partial charge is 0.490 e. The Morgan fingerprint density at radius 3 is 1.55 bits per heavy atom. The fourth-order valence-electron chi connectivity index (χ4n) is 4.34. The molecule has 4 rings (SSSR count). The average Bonchev–Trinajstić information content (AvgIpc) is 3.60. The molecule has 2 fully saturated rings. The van der Waals surface area contributed by atoms with Gasteiger partial charge in [-0.3, -0.25) is 19.5 Å². The summed E-state index contributed by atoms with van der Waals surface area (Å²) in [5.41, 5.74) is 1.19. The Labute approximate surface area is 278 Å². The van der Waals surface area contributed by atoms with Crippen LogP contribution in [0.4, 0.5) is 52.7 Å². The molecule has 3 atom stereocenters. The summed E-state index contributed by atoms with van der Waals surface area (Å²) < 4.78 is 129. The van der Waals surface area contributed by atoms with Crippen LogP contribution in [0.25, 0.3) is 0 Å². The molecule has 4 N–H and O–H groups in total. The molecule has 13 nitrogen and oxygen atoms in total. The molecule has 25 heteroatoms. The lowest BCUT2D eigenvalue weighted by Crippen LogP contribution is -2.45. The molecule has 0 aliphatic carbocycles. The summed E-state index contributed by atoms with van der Waals surface area (Å²) in [5.74, 6) is -10.3. The Hall–Kier alpha value is -4.68. The van der Waals surface area contributed by atoms with E-state index in [2.05, 4.69) is 49.9 Å². The standard InChI is InChI=1S/C18H25N5.4C2HF3O2/c1-21-17(14-23-9-4-8-20-23)11-15-12-22(10-6-18(15)21)13-16-5-2-3-7-19-16;4*3-2(4,5)1(6)7/h2-5,7-9,15,17-18H,6,10-14H2,1H3;4*(H,6,7)/t15-,17?,18+;;;;/m1..../s1. The van der Waals surface area contributed by atoms with Crippen LogP contribution >= 0.6 is 0 Å². The minimum Gasteiger partial charge on any atom is -0.475 e. The van der Waals surface area contributed by atoms with E-state index in [1.807, 2.05) is 24.5 Å². The molecule has 2 aliphatic heterocycles. The number of hydrogen-bond donors (Lipinski definition) is 4. The quantitative estimate of drug-likeness (QED) is 0.322. The molecule has 2 saturated heterocycles. The highest BCUT2D eigenvalue weighted by molar-refractivity contribution is 5.74. The van der Waals surface area contributed by atoms with Gasteiger partial charge in [0.25, 0.3) is 0 Å². The van der Waals surface area contributed by atoms with Crippen LogP contribution < -0.4 is 0 Å². The van der Waals surface area contributed by atoms with Crippen LogP contribution in [0, 0.1) is 5.92 Å². The highest BCUT2D eigenvalue weighted by Gasteiger charge is 2.42. The summed E-state index contributed by atoms with van der Waals surface area (Å²) in [5, 5.41) is 32.9. The number of halogens is 12. The van der Waals surface area contributed by atoms with Crippen molar-refractivity contribution in [2.45, 2.75) is 62.7 Å². The van der Waals surface area contributed by atoms with Crippen molar-refractivity contribution in [2.75, 3.05) is 20.1 Å². The maximum absolute atomic E-state index is 10.6. The first-order chi connectivity index (χ1) is 23.1. The molecule has 4 heterocycles. The third kappa shape index (κ3) is 18.8. The van der Waals surface area contributed by atoms with E-state index < -0.39 is 48.6 Å². The number of carboxylic acid groups (broad SMARTS) is 4. The maximum atomic E-state index is 10.6. The van der Waals surface area contributed by atoms with Crippen molar-refractivity contribution in [2.24, 2.45) is 5.92 Å². The van der Waals surface area contributed by atoms with Crippen LogP contribution in [0.1, 0.15) is 18.5 Å². The zero-order valence-corrected chi connectivity index (χ0v) is 25.7. The number of rotatable bonds is 4. The van der Waals surface area contributed by atoms with Gasteiger partial charge in [-0.1, -0.05) is 6.07 Å². The molecular formula is C26H29F12N5O8. The van der Waals surface area contributed by atoms with E-state index in [-0.39, 0.29) is 0 Å². The molecular weight excluding hydrogens is 738 g/mol. The second kappa shape index (κ2) is 19.6. The summed E-state index contributed by atoms with van der Waals surface area (Å²) >= 11 is 0. The van der Waals surface area contributed by atoms with Crippen LogP contribution in [0.3, 0.4) is 0 Å². The van der Waals surface area contributed by atoms with Gasteiger partial charge in [0, 0.05) is 50.3 Å². The first-order valence-corrected chi connectivity index (χ1v) is 13.6. The third-order valence-electron chi connectivity index (χ3n) is 6.49. The van der Waals surface area contributed by atoms with Crippen molar-refractivity contribution in [3.05, 3.63) is 48.5 Å². The van der Waals surface area contributed by atoms with E-state index in [0.29, 0.717) is 6.04 Å². The minimum absolute atomic E-state index is 0.611. The second-order valence-electron chi connectivity index (χ2n) is 10.2. The number of aliphatic carboxylic acids is 4. The number of hydrogen-bond acceptors (Lipinski definition) is 8. The summed E-state index contributed by atoms with van der Waals surface area (Å²) in [6, 6.07) is 9.56. The molecule has 0 bridgehead atoms. The molecule has 0 amide bonds. The Kier molecular flexibility index (Phi) is 17.8. The topological polar surface area (TPSA) is 186 Å². The summed E-state index contributed by atoms with van der Waals surface area (Å²) in [7, 11) is 2.30. The van der Waals surface area contributed by atoms with Gasteiger partial charge in [-0.25, -0.2) is 19.2 Å². The van der Waals surface area contributed by atoms with E-state index in [1.54, 1.807) is 0 Å². The number of fused-ring (bicyclic) bond motifs is 1. The first kappa shape index (κ1) is 46.3. The van der Waals surface area contributed by atoms with Crippen molar-refractivity contribution < 1.29 is 92.3 Å². The fraction of sp³-hybridized carbons (Fsp3) is 0.538. The van der Waals surface area contributed by atoms with E-state index in [0.717, 1.165) is 25.0 Å². The molecule has 51 heavy (non-hydrogen) atoms. The number of aromatic nitrogens is 3. The van der Waals surface area contributed by atoms with Gasteiger partial charge in [0.05, 0.1) is 12.2 Å². The monoisotopic (exact) mass is 767 g/mol. The van der Waals surface area contributed by atoms with Gasteiger partial charge in [-0.2, -0.15) is 57.8 Å². The SMILES string of the molecule is CN1C(Cn2cccn2)C[C@@H]2CN(Cc3ccccn3)CC[C@@H]21.O=C(O)C(F)(F)F.O=C(O)C(F)(F)F.O=C(O)C(F)(F)F.O=C(O)C(F)(F)F. The van der Waals surface area contributed by atoms with Crippen molar-refractivity contribution >= 4 is 23.9 Å². The van der Waals surface area contributed by atoms with Crippen molar-refractivity contribution in [3.63, 3.8) is 0 Å². The predicted octanol–water partition coefficient (Wildman–Crippen LogP) is 4.41. The van der Waals surface area contributed by atoms with E-state index in [1.165, 1.54) is 31.6 Å². The van der Waals surface area contributed by atoms with Gasteiger partial charge >= 0.3 is 48.6 Å². The highest BCUT2D eigenvalue weighted by atomic mass is 19.4. The molecule has 1 unspecified atom stereocenters. The lowest BCUT2D eigenvalue weighted by atomic mass is 9.92. The molecule has 2 aromatic rings. The number of nitrogens with zero attached hydrogens (tertiary/aromatic N) is 5. The predicted molar refractivity (Wildman–Crippen MR) is 145 cm³/mol. The van der Waals surface area contributed by atoms with Crippen molar-refractivity contribution in [1.82, 2.24) is 24.6 Å². The molecule has 0 spiro atoms. The zero-order valence-electron chi connectivity index (χ0n) is 25.7. The van der Waals surface area contributed by atoms with Crippen LogP contribution in [0.15, 0.2) is 42.9 Å². The van der Waals surface area contributed by atoms with Gasteiger partial charge in [-0.05, 0) is 44.0 Å². The lowest BCUT2D eigenvalue weighted by molar-refractivity contribution is -0.193. The first-order valence-electron chi connectivity index (χ1n) is 13.6. The summed E-state index contributed by atoms with van der Waals surface area (Å²) in [6.07, 6.45) is -11.9. The number of likely N-dealkylation sites (tertiary alicyclic amines) is 2. The smallest absolute Gasteiger partial charge is 0.475 e. The minimum atomic E-state index is -5.08. The van der Waals surface area contributed by atoms with E-state index >= 15 is 0 Å². The number of likely N-dealkylation sites (N-methyl/N-ethyl adjacent to an activating group) is 1. The zero-order chi connectivity index (χ0) is 40.0. The Balaban J connectivity index is 0.000000737. The van der Waals surface area contributed by atoms with Crippen molar-refractivity contribution in [3.8, 4) is 0 Å². The number of pyridine rings is 1. The second-order valence-corrected chi connectivity index (χ2v) is 10.2. The van der Waals surface area contributed by atoms with Crippen LogP contribution in [0.5, 0.6) is 0 Å². The number of carbonyl (C=O) groups is 4. The number of carboxylic acids is 4. The molecule has 0 saturated carbocycles. The Morgan fingerprint density at radius 2 is 1.20 bits per heavy atom. The summed E-state index contributed by atoms with van der Waals surface area (Å²) in [4.78, 5) is 45.2. The van der Waals surface area contributed by atoms with Crippen LogP contribution in [-0.2, 0) is 32.3 Å². The number of alkyl halides is 12. The lowest BCUT2D eigenvalue weighted by Gasteiger charge is -2.37. The molecule has 0 aromatic carbocycles. The van der Waals surface area contributed by atoms with Crippen molar-refractivity contribution in [1.29, 1.82) is 0 Å². The van der Waals surface area contributed by atoms with Crippen LogP contribution in [-0.4, -0.2) is 126 Å². The van der Waals surface area contributed by atoms with Gasteiger partial charge in [0.1, 0.15) is 0 Å². The van der Waals surface area contributed by atoms with Gasteiger partial charge in [0.2, 0.25) is 0 Å². The molecule has 2 aromatic heterocycles. The normalized spacial score (nSPS) is 19.2. The molecule has 290 valence electrons. The highest BCUT2D eigenvalue weighted by Crippen LogP contribution is 2.35. The Bertz CT molecular complexity index is 1280.